The van der Waals surface area contributed by atoms with Gasteiger partial charge in [0, 0.05) is 38.6 Å². The zero-order valence-corrected chi connectivity index (χ0v) is 15.6. The Morgan fingerprint density at radius 2 is 1.59 bits per heavy atom. The highest BCUT2D eigenvalue weighted by Gasteiger charge is 2.23. The maximum absolute atomic E-state index is 5.36. The molecule has 0 unspecified atom stereocenters. The van der Waals surface area contributed by atoms with Crippen LogP contribution < -0.4 is 10.1 Å². The molecule has 1 saturated heterocycles. The molecule has 4 nitrogen and oxygen atoms in total. The number of methoxy groups -OCH3 is 1. The van der Waals surface area contributed by atoms with Crippen LogP contribution in [0.15, 0.2) is 73.1 Å². The van der Waals surface area contributed by atoms with Gasteiger partial charge in [-0.3, -0.25) is 9.88 Å². The van der Waals surface area contributed by atoms with Crippen LogP contribution in [0, 0.1) is 0 Å². The second-order valence-corrected chi connectivity index (χ2v) is 6.82. The lowest BCUT2D eigenvalue weighted by atomic mass is 9.95. The van der Waals surface area contributed by atoms with E-state index in [1.54, 1.807) is 7.11 Å². The summed E-state index contributed by atoms with van der Waals surface area (Å²) in [5, 5.41) is 3.45. The number of piperazine rings is 1. The lowest BCUT2D eigenvalue weighted by Crippen LogP contribution is -2.45. The molecule has 1 aliphatic heterocycles. The summed E-state index contributed by atoms with van der Waals surface area (Å²) in [6.07, 6.45) is 3.77. The van der Waals surface area contributed by atoms with Crippen molar-refractivity contribution >= 4 is 0 Å². The third-order valence-electron chi connectivity index (χ3n) is 5.17. The van der Waals surface area contributed by atoms with Crippen molar-refractivity contribution in [2.24, 2.45) is 0 Å². The van der Waals surface area contributed by atoms with Crippen LogP contribution in [0.4, 0.5) is 0 Å². The molecule has 4 rings (SSSR count). The van der Waals surface area contributed by atoms with Crippen molar-refractivity contribution in [1.82, 2.24) is 15.2 Å². The summed E-state index contributed by atoms with van der Waals surface area (Å²) >= 11 is 0. The zero-order valence-electron chi connectivity index (χ0n) is 15.6. The standard InChI is InChI=1S/C23H25N3O/c1-27-22-4-2-3-21(17-22)18-5-7-19(8-6-18)23(20-9-11-24-12-10-20)26-15-13-25-14-16-26/h2-12,17,23,25H,13-16H2,1H3/t23-/m1/s1. The van der Waals surface area contributed by atoms with E-state index in [0.29, 0.717) is 0 Å². The number of aromatic nitrogens is 1. The third kappa shape index (κ3) is 4.02. The number of hydrogen-bond acceptors (Lipinski definition) is 4. The summed E-state index contributed by atoms with van der Waals surface area (Å²) in [6.45, 7) is 4.15. The molecule has 1 atom stereocenters. The molecule has 0 amide bonds. The average molecular weight is 359 g/mol. The van der Waals surface area contributed by atoms with Crippen molar-refractivity contribution in [3.8, 4) is 16.9 Å². The van der Waals surface area contributed by atoms with Crippen LogP contribution in [0.3, 0.4) is 0 Å². The number of rotatable bonds is 5. The van der Waals surface area contributed by atoms with Gasteiger partial charge in [0.15, 0.2) is 0 Å². The first-order chi connectivity index (χ1) is 13.3. The number of nitrogens with zero attached hydrogens (tertiary/aromatic N) is 2. The highest BCUT2D eigenvalue weighted by Crippen LogP contribution is 2.31. The normalized spacial score (nSPS) is 16.0. The minimum atomic E-state index is 0.259. The van der Waals surface area contributed by atoms with Gasteiger partial charge >= 0.3 is 0 Å². The van der Waals surface area contributed by atoms with E-state index in [9.17, 15) is 0 Å². The fourth-order valence-electron chi connectivity index (χ4n) is 3.76. The molecule has 1 fully saturated rings. The first-order valence-corrected chi connectivity index (χ1v) is 9.44. The van der Waals surface area contributed by atoms with Gasteiger partial charge in [0.25, 0.3) is 0 Å². The lowest BCUT2D eigenvalue weighted by Gasteiger charge is -2.35. The molecule has 0 bridgehead atoms. The molecule has 4 heteroatoms. The molecule has 3 aromatic rings. The molecule has 0 saturated carbocycles. The molecule has 1 N–H and O–H groups in total. The summed E-state index contributed by atoms with van der Waals surface area (Å²) in [6, 6.07) is 21.6. The minimum Gasteiger partial charge on any atom is -0.497 e. The van der Waals surface area contributed by atoms with Gasteiger partial charge < -0.3 is 10.1 Å². The van der Waals surface area contributed by atoms with Crippen molar-refractivity contribution in [2.75, 3.05) is 33.3 Å². The van der Waals surface area contributed by atoms with Gasteiger partial charge in [0.2, 0.25) is 0 Å². The van der Waals surface area contributed by atoms with Crippen LogP contribution in [-0.4, -0.2) is 43.2 Å². The van der Waals surface area contributed by atoms with E-state index in [4.69, 9.17) is 4.74 Å². The highest BCUT2D eigenvalue weighted by atomic mass is 16.5. The first kappa shape index (κ1) is 17.7. The van der Waals surface area contributed by atoms with Crippen molar-refractivity contribution < 1.29 is 4.74 Å². The number of pyridine rings is 1. The molecule has 0 aliphatic carbocycles. The Bertz CT molecular complexity index is 858. The van der Waals surface area contributed by atoms with E-state index >= 15 is 0 Å². The summed E-state index contributed by atoms with van der Waals surface area (Å²) in [5.41, 5.74) is 4.98. The van der Waals surface area contributed by atoms with Crippen LogP contribution in [-0.2, 0) is 0 Å². The predicted molar refractivity (Wildman–Crippen MR) is 109 cm³/mol. The topological polar surface area (TPSA) is 37.4 Å². The van der Waals surface area contributed by atoms with Gasteiger partial charge in [-0.2, -0.15) is 0 Å². The molecule has 1 aromatic heterocycles. The van der Waals surface area contributed by atoms with Gasteiger partial charge in [-0.25, -0.2) is 0 Å². The van der Waals surface area contributed by atoms with Crippen LogP contribution in [0.2, 0.25) is 0 Å². The lowest BCUT2D eigenvalue weighted by molar-refractivity contribution is 0.198. The van der Waals surface area contributed by atoms with Gasteiger partial charge in [-0.1, -0.05) is 36.4 Å². The molecule has 27 heavy (non-hydrogen) atoms. The van der Waals surface area contributed by atoms with Gasteiger partial charge in [0.1, 0.15) is 5.75 Å². The summed E-state index contributed by atoms with van der Waals surface area (Å²) in [4.78, 5) is 6.74. The summed E-state index contributed by atoms with van der Waals surface area (Å²) < 4.78 is 5.36. The van der Waals surface area contributed by atoms with Crippen molar-refractivity contribution in [3.05, 3.63) is 84.2 Å². The Kier molecular flexibility index (Phi) is 5.47. The maximum atomic E-state index is 5.36. The number of benzene rings is 2. The predicted octanol–water partition coefficient (Wildman–Crippen LogP) is 3.75. The number of ether oxygens (including phenoxy) is 1. The van der Waals surface area contributed by atoms with E-state index in [-0.39, 0.29) is 6.04 Å². The second kappa shape index (κ2) is 8.33. The Hall–Kier alpha value is -2.69. The Balaban J connectivity index is 1.66. The Morgan fingerprint density at radius 1 is 0.889 bits per heavy atom. The quantitative estimate of drug-likeness (QED) is 0.753. The van der Waals surface area contributed by atoms with E-state index in [1.807, 2.05) is 24.5 Å². The Labute approximate surface area is 160 Å². The SMILES string of the molecule is COc1cccc(-c2ccc([C@H](c3ccncc3)N3CCNCC3)cc2)c1. The van der Waals surface area contributed by atoms with Crippen LogP contribution in [0.1, 0.15) is 17.2 Å². The largest absolute Gasteiger partial charge is 0.497 e. The monoisotopic (exact) mass is 359 g/mol. The summed E-state index contributed by atoms with van der Waals surface area (Å²) in [5.74, 6) is 0.882. The molecule has 0 spiro atoms. The molecule has 0 radical (unpaired) electrons. The first-order valence-electron chi connectivity index (χ1n) is 9.44. The second-order valence-electron chi connectivity index (χ2n) is 6.82. The fourth-order valence-corrected chi connectivity index (χ4v) is 3.76. The molecule has 1 aliphatic rings. The van der Waals surface area contributed by atoms with Crippen LogP contribution in [0.25, 0.3) is 11.1 Å². The third-order valence-corrected chi connectivity index (χ3v) is 5.17. The molecular weight excluding hydrogens is 334 g/mol. The molecule has 138 valence electrons. The van der Waals surface area contributed by atoms with Gasteiger partial charge in [-0.15, -0.1) is 0 Å². The average Bonchev–Trinajstić information content (AvgIpc) is 2.76. The Morgan fingerprint density at radius 3 is 2.30 bits per heavy atom. The van der Waals surface area contributed by atoms with E-state index in [2.05, 4.69) is 63.7 Å². The van der Waals surface area contributed by atoms with Crippen LogP contribution in [0.5, 0.6) is 5.75 Å². The summed E-state index contributed by atoms with van der Waals surface area (Å²) in [7, 11) is 1.70. The van der Waals surface area contributed by atoms with Gasteiger partial charge in [0.05, 0.1) is 13.2 Å². The number of nitrogens with one attached hydrogen (secondary N) is 1. The van der Waals surface area contributed by atoms with E-state index < -0.39 is 0 Å². The van der Waals surface area contributed by atoms with Crippen LogP contribution >= 0.6 is 0 Å². The zero-order chi connectivity index (χ0) is 18.5. The molecule has 2 heterocycles. The van der Waals surface area contributed by atoms with Crippen molar-refractivity contribution in [3.63, 3.8) is 0 Å². The smallest absolute Gasteiger partial charge is 0.119 e. The van der Waals surface area contributed by atoms with Gasteiger partial charge in [-0.05, 0) is 46.5 Å². The minimum absolute atomic E-state index is 0.259. The molecule has 2 aromatic carbocycles. The van der Waals surface area contributed by atoms with Crippen molar-refractivity contribution in [1.29, 1.82) is 0 Å². The molecular formula is C23H25N3O. The fraction of sp³-hybridized carbons (Fsp3) is 0.261. The van der Waals surface area contributed by atoms with E-state index in [0.717, 1.165) is 31.9 Å². The maximum Gasteiger partial charge on any atom is 0.119 e. The number of hydrogen-bond donors (Lipinski definition) is 1. The van der Waals surface area contributed by atoms with Crippen molar-refractivity contribution in [2.45, 2.75) is 6.04 Å². The van der Waals surface area contributed by atoms with E-state index in [1.165, 1.54) is 22.3 Å². The highest BCUT2D eigenvalue weighted by molar-refractivity contribution is 5.65.